The molecule has 2 fully saturated rings. The van der Waals surface area contributed by atoms with Crippen LogP contribution in [0.15, 0.2) is 0 Å². The summed E-state index contributed by atoms with van der Waals surface area (Å²) in [4.78, 5) is 25.4. The summed E-state index contributed by atoms with van der Waals surface area (Å²) in [5, 5.41) is 2.88. The van der Waals surface area contributed by atoms with E-state index in [2.05, 4.69) is 5.32 Å². The first kappa shape index (κ1) is 12.7. The molecular formula is C12H20N2O2S. The second-order valence-electron chi connectivity index (χ2n) is 4.71. The normalized spacial score (nSPS) is 22.2. The van der Waals surface area contributed by atoms with Crippen LogP contribution < -0.4 is 5.32 Å². The van der Waals surface area contributed by atoms with Crippen molar-refractivity contribution in [1.29, 1.82) is 0 Å². The molecule has 1 heterocycles. The molecule has 0 atom stereocenters. The molecule has 0 spiro atoms. The smallest absolute Gasteiger partial charge is 0.311 e. The van der Waals surface area contributed by atoms with Crippen LogP contribution in [0.1, 0.15) is 32.1 Å². The molecule has 0 unspecified atom stereocenters. The minimum atomic E-state index is -0.399. The number of rotatable bonds is 1. The van der Waals surface area contributed by atoms with E-state index in [0.717, 1.165) is 24.3 Å². The van der Waals surface area contributed by atoms with Crippen molar-refractivity contribution in [2.75, 3.05) is 24.6 Å². The maximum atomic E-state index is 11.9. The van der Waals surface area contributed by atoms with Gasteiger partial charge in [0.25, 0.3) is 0 Å². The molecule has 2 rings (SSSR count). The molecule has 0 bridgehead atoms. The van der Waals surface area contributed by atoms with Gasteiger partial charge in [-0.25, -0.2) is 0 Å². The molecule has 96 valence electrons. The number of carbonyl (C=O) groups is 2. The standard InChI is InChI=1S/C12H20N2O2S/c15-11(13-10-4-2-1-3-5-10)12(16)14-6-8-17-9-7-14/h10H,1-9H2,(H,13,15). The number of nitrogens with zero attached hydrogens (tertiary/aromatic N) is 1. The summed E-state index contributed by atoms with van der Waals surface area (Å²) < 4.78 is 0. The highest BCUT2D eigenvalue weighted by Crippen LogP contribution is 2.17. The van der Waals surface area contributed by atoms with Gasteiger partial charge in [0.2, 0.25) is 0 Å². The molecular weight excluding hydrogens is 236 g/mol. The van der Waals surface area contributed by atoms with Crippen molar-refractivity contribution in [3.05, 3.63) is 0 Å². The molecule has 0 aromatic carbocycles. The van der Waals surface area contributed by atoms with Crippen LogP contribution in [0.2, 0.25) is 0 Å². The van der Waals surface area contributed by atoms with Crippen molar-refractivity contribution in [2.45, 2.75) is 38.1 Å². The summed E-state index contributed by atoms with van der Waals surface area (Å²) in [6.45, 7) is 1.42. The molecule has 4 nitrogen and oxygen atoms in total. The Labute approximate surface area is 106 Å². The topological polar surface area (TPSA) is 49.4 Å². The van der Waals surface area contributed by atoms with Crippen molar-refractivity contribution in [1.82, 2.24) is 10.2 Å². The third kappa shape index (κ3) is 3.63. The minimum absolute atomic E-state index is 0.222. The van der Waals surface area contributed by atoms with Crippen LogP contribution in [-0.2, 0) is 9.59 Å². The second kappa shape index (κ2) is 6.28. The van der Waals surface area contributed by atoms with Gasteiger partial charge in [-0.1, -0.05) is 19.3 Å². The Bertz CT molecular complexity index is 284. The first-order chi connectivity index (χ1) is 8.27. The van der Waals surface area contributed by atoms with Crippen molar-refractivity contribution in [2.24, 2.45) is 0 Å². The minimum Gasteiger partial charge on any atom is -0.345 e. The van der Waals surface area contributed by atoms with Gasteiger partial charge in [-0.2, -0.15) is 11.8 Å². The zero-order chi connectivity index (χ0) is 12.1. The van der Waals surface area contributed by atoms with E-state index in [4.69, 9.17) is 0 Å². The lowest BCUT2D eigenvalue weighted by Gasteiger charge is -2.27. The van der Waals surface area contributed by atoms with Gasteiger partial charge in [-0.3, -0.25) is 9.59 Å². The van der Waals surface area contributed by atoms with Gasteiger partial charge in [0, 0.05) is 30.6 Å². The molecule has 0 aromatic heterocycles. The van der Waals surface area contributed by atoms with Crippen LogP contribution in [0.3, 0.4) is 0 Å². The first-order valence-electron chi connectivity index (χ1n) is 6.45. The van der Waals surface area contributed by atoms with Gasteiger partial charge >= 0.3 is 11.8 Å². The Morgan fingerprint density at radius 2 is 1.71 bits per heavy atom. The fourth-order valence-corrected chi connectivity index (χ4v) is 3.31. The largest absolute Gasteiger partial charge is 0.345 e. The van der Waals surface area contributed by atoms with Gasteiger partial charge in [-0.15, -0.1) is 0 Å². The maximum absolute atomic E-state index is 11.9. The fraction of sp³-hybridized carbons (Fsp3) is 0.833. The average molecular weight is 256 g/mol. The second-order valence-corrected chi connectivity index (χ2v) is 5.94. The summed E-state index contributed by atoms with van der Waals surface area (Å²) in [5.41, 5.74) is 0. The van der Waals surface area contributed by atoms with Gasteiger partial charge < -0.3 is 10.2 Å². The van der Waals surface area contributed by atoms with E-state index < -0.39 is 5.91 Å². The Morgan fingerprint density at radius 3 is 2.35 bits per heavy atom. The third-order valence-electron chi connectivity index (χ3n) is 3.43. The lowest BCUT2D eigenvalue weighted by molar-refractivity contribution is -0.146. The monoisotopic (exact) mass is 256 g/mol. The number of nitrogens with one attached hydrogen (secondary N) is 1. The fourth-order valence-electron chi connectivity index (χ4n) is 2.40. The van der Waals surface area contributed by atoms with Crippen molar-refractivity contribution >= 4 is 23.6 Å². The van der Waals surface area contributed by atoms with Crippen LogP contribution >= 0.6 is 11.8 Å². The highest BCUT2D eigenvalue weighted by molar-refractivity contribution is 7.99. The summed E-state index contributed by atoms with van der Waals surface area (Å²) in [6, 6.07) is 0.222. The summed E-state index contributed by atoms with van der Waals surface area (Å²) in [6.07, 6.45) is 5.63. The van der Waals surface area contributed by atoms with Gasteiger partial charge in [0.05, 0.1) is 0 Å². The molecule has 1 saturated carbocycles. The lowest BCUT2D eigenvalue weighted by Crippen LogP contribution is -2.49. The number of hydrogen-bond acceptors (Lipinski definition) is 3. The number of amides is 2. The Balaban J connectivity index is 1.79. The molecule has 5 heteroatoms. The van der Waals surface area contributed by atoms with E-state index in [1.54, 1.807) is 4.90 Å². The van der Waals surface area contributed by atoms with Crippen LogP contribution in [0, 0.1) is 0 Å². The molecule has 1 N–H and O–H groups in total. The van der Waals surface area contributed by atoms with Gasteiger partial charge in [-0.05, 0) is 12.8 Å². The number of carbonyl (C=O) groups excluding carboxylic acids is 2. The third-order valence-corrected chi connectivity index (χ3v) is 4.38. The predicted octanol–water partition coefficient (Wildman–Crippen LogP) is 1.01. The molecule has 2 aliphatic rings. The number of hydrogen-bond donors (Lipinski definition) is 1. The molecule has 0 aromatic rings. The van der Waals surface area contributed by atoms with E-state index in [0.29, 0.717) is 13.1 Å². The van der Waals surface area contributed by atoms with Crippen molar-refractivity contribution in [3.63, 3.8) is 0 Å². The first-order valence-corrected chi connectivity index (χ1v) is 7.60. The molecule has 1 aliphatic heterocycles. The van der Waals surface area contributed by atoms with E-state index >= 15 is 0 Å². The maximum Gasteiger partial charge on any atom is 0.311 e. The van der Waals surface area contributed by atoms with E-state index in [-0.39, 0.29) is 11.9 Å². The summed E-state index contributed by atoms with van der Waals surface area (Å²) >= 11 is 1.84. The molecule has 2 amide bonds. The van der Waals surface area contributed by atoms with Gasteiger partial charge in [0.1, 0.15) is 0 Å². The van der Waals surface area contributed by atoms with E-state index in [1.165, 1.54) is 19.3 Å². The quantitative estimate of drug-likeness (QED) is 0.712. The molecule has 1 saturated heterocycles. The lowest BCUT2D eigenvalue weighted by atomic mass is 9.95. The van der Waals surface area contributed by atoms with E-state index in [9.17, 15) is 9.59 Å². The number of thioether (sulfide) groups is 1. The van der Waals surface area contributed by atoms with Crippen LogP contribution in [0.4, 0.5) is 0 Å². The zero-order valence-electron chi connectivity index (χ0n) is 10.1. The predicted molar refractivity (Wildman–Crippen MR) is 68.9 cm³/mol. The zero-order valence-corrected chi connectivity index (χ0v) is 10.9. The highest BCUT2D eigenvalue weighted by atomic mass is 32.2. The van der Waals surface area contributed by atoms with Gasteiger partial charge in [0.15, 0.2) is 0 Å². The van der Waals surface area contributed by atoms with Crippen molar-refractivity contribution in [3.8, 4) is 0 Å². The Kier molecular flexibility index (Phi) is 4.71. The average Bonchev–Trinajstić information content (AvgIpc) is 2.40. The SMILES string of the molecule is O=C(NC1CCCCC1)C(=O)N1CCSCC1. The van der Waals surface area contributed by atoms with Crippen LogP contribution in [-0.4, -0.2) is 47.4 Å². The molecule has 1 aliphatic carbocycles. The summed E-state index contributed by atoms with van der Waals surface area (Å²) in [7, 11) is 0. The highest BCUT2D eigenvalue weighted by Gasteiger charge is 2.25. The Morgan fingerprint density at radius 1 is 1.06 bits per heavy atom. The molecule has 17 heavy (non-hydrogen) atoms. The van der Waals surface area contributed by atoms with E-state index in [1.807, 2.05) is 11.8 Å². The summed E-state index contributed by atoms with van der Waals surface area (Å²) in [5.74, 6) is 1.16. The van der Waals surface area contributed by atoms with Crippen LogP contribution in [0.25, 0.3) is 0 Å². The van der Waals surface area contributed by atoms with Crippen LogP contribution in [0.5, 0.6) is 0 Å². The Hall–Kier alpha value is -0.710. The molecule has 0 radical (unpaired) electrons. The van der Waals surface area contributed by atoms with Crippen molar-refractivity contribution < 1.29 is 9.59 Å².